The highest BCUT2D eigenvalue weighted by molar-refractivity contribution is 5.79. The van der Waals surface area contributed by atoms with Gasteiger partial charge in [0.1, 0.15) is 0 Å². The fourth-order valence-electron chi connectivity index (χ4n) is 1.67. The van der Waals surface area contributed by atoms with Crippen LogP contribution in [0.2, 0.25) is 0 Å². The Bertz CT molecular complexity index is 133. The Morgan fingerprint density at radius 3 is 1.83 bits per heavy atom. The normalized spacial score (nSPS) is 11.3. The van der Waals surface area contributed by atoms with E-state index in [-0.39, 0.29) is 11.8 Å². The lowest BCUT2D eigenvalue weighted by Gasteiger charge is -2.23. The zero-order chi connectivity index (χ0) is 9.72. The van der Waals surface area contributed by atoms with Crippen molar-refractivity contribution in [3.05, 3.63) is 0 Å². The summed E-state index contributed by atoms with van der Waals surface area (Å²) < 4.78 is 0. The first kappa shape index (κ1) is 11.5. The SMILES string of the molecule is CCNC(=O)C(C(C)C)C(C)C. The summed E-state index contributed by atoms with van der Waals surface area (Å²) >= 11 is 0. The van der Waals surface area contributed by atoms with E-state index in [1.807, 2.05) is 6.92 Å². The molecule has 0 aromatic heterocycles. The van der Waals surface area contributed by atoms with Crippen LogP contribution in [0.1, 0.15) is 34.6 Å². The molecule has 12 heavy (non-hydrogen) atoms. The molecule has 0 spiro atoms. The molecular formula is C10H21NO. The molecule has 72 valence electrons. The van der Waals surface area contributed by atoms with Crippen molar-refractivity contribution in [3.63, 3.8) is 0 Å². The highest BCUT2D eigenvalue weighted by Crippen LogP contribution is 2.20. The number of rotatable bonds is 4. The molecule has 0 rings (SSSR count). The van der Waals surface area contributed by atoms with E-state index in [1.54, 1.807) is 0 Å². The van der Waals surface area contributed by atoms with Crippen molar-refractivity contribution in [2.24, 2.45) is 17.8 Å². The zero-order valence-corrected chi connectivity index (χ0v) is 8.85. The molecule has 0 aliphatic carbocycles. The number of hydrogen-bond donors (Lipinski definition) is 1. The van der Waals surface area contributed by atoms with Crippen LogP contribution in [0.4, 0.5) is 0 Å². The van der Waals surface area contributed by atoms with Crippen LogP contribution in [0.25, 0.3) is 0 Å². The average Bonchev–Trinajstić information content (AvgIpc) is 1.85. The second-order valence-corrected chi connectivity index (χ2v) is 3.91. The minimum Gasteiger partial charge on any atom is -0.356 e. The van der Waals surface area contributed by atoms with Gasteiger partial charge >= 0.3 is 0 Å². The predicted molar refractivity (Wildman–Crippen MR) is 51.8 cm³/mol. The number of nitrogens with one attached hydrogen (secondary N) is 1. The predicted octanol–water partition coefficient (Wildman–Crippen LogP) is 2.05. The first-order valence-electron chi connectivity index (χ1n) is 4.78. The van der Waals surface area contributed by atoms with Gasteiger partial charge in [-0.3, -0.25) is 4.79 Å². The van der Waals surface area contributed by atoms with Gasteiger partial charge in [0.2, 0.25) is 5.91 Å². The van der Waals surface area contributed by atoms with Crippen LogP contribution >= 0.6 is 0 Å². The van der Waals surface area contributed by atoms with E-state index < -0.39 is 0 Å². The monoisotopic (exact) mass is 171 g/mol. The molecule has 0 saturated carbocycles. The summed E-state index contributed by atoms with van der Waals surface area (Å²) in [6.45, 7) is 11.1. The summed E-state index contributed by atoms with van der Waals surface area (Å²) in [5, 5.41) is 2.87. The Kier molecular flexibility index (Phi) is 4.95. The topological polar surface area (TPSA) is 29.1 Å². The third-order valence-electron chi connectivity index (χ3n) is 2.09. The largest absolute Gasteiger partial charge is 0.356 e. The molecule has 0 saturated heterocycles. The van der Waals surface area contributed by atoms with E-state index in [9.17, 15) is 4.79 Å². The Hall–Kier alpha value is -0.530. The lowest BCUT2D eigenvalue weighted by Crippen LogP contribution is -2.36. The second-order valence-electron chi connectivity index (χ2n) is 3.91. The summed E-state index contributed by atoms with van der Waals surface area (Å²) in [6, 6.07) is 0. The number of carbonyl (C=O) groups excluding carboxylic acids is 1. The molecule has 0 radical (unpaired) electrons. The Labute approximate surface area is 75.7 Å². The van der Waals surface area contributed by atoms with Crippen molar-refractivity contribution < 1.29 is 4.79 Å². The molecule has 0 aromatic carbocycles. The van der Waals surface area contributed by atoms with Crippen LogP contribution in [0, 0.1) is 17.8 Å². The van der Waals surface area contributed by atoms with Crippen LogP contribution in [-0.2, 0) is 4.79 Å². The third-order valence-corrected chi connectivity index (χ3v) is 2.09. The van der Waals surface area contributed by atoms with E-state index in [4.69, 9.17) is 0 Å². The average molecular weight is 171 g/mol. The molecule has 0 unspecified atom stereocenters. The maximum absolute atomic E-state index is 11.5. The van der Waals surface area contributed by atoms with Crippen LogP contribution in [0.15, 0.2) is 0 Å². The van der Waals surface area contributed by atoms with Crippen LogP contribution in [0.3, 0.4) is 0 Å². The number of hydrogen-bond acceptors (Lipinski definition) is 1. The summed E-state index contributed by atoms with van der Waals surface area (Å²) in [7, 11) is 0. The molecule has 0 aliphatic heterocycles. The van der Waals surface area contributed by atoms with Gasteiger partial charge in [0.05, 0.1) is 0 Å². The van der Waals surface area contributed by atoms with Crippen LogP contribution in [0.5, 0.6) is 0 Å². The second kappa shape index (κ2) is 5.18. The molecule has 0 atom stereocenters. The lowest BCUT2D eigenvalue weighted by atomic mass is 9.85. The Morgan fingerprint density at radius 2 is 1.58 bits per heavy atom. The third kappa shape index (κ3) is 3.24. The van der Waals surface area contributed by atoms with Gasteiger partial charge in [-0.15, -0.1) is 0 Å². The van der Waals surface area contributed by atoms with E-state index in [1.165, 1.54) is 0 Å². The van der Waals surface area contributed by atoms with Crippen molar-refractivity contribution in [2.75, 3.05) is 6.54 Å². The van der Waals surface area contributed by atoms with E-state index >= 15 is 0 Å². The van der Waals surface area contributed by atoms with Crippen molar-refractivity contribution in [1.29, 1.82) is 0 Å². The molecule has 0 aliphatic rings. The summed E-state index contributed by atoms with van der Waals surface area (Å²) in [6.07, 6.45) is 0. The Morgan fingerprint density at radius 1 is 1.17 bits per heavy atom. The zero-order valence-electron chi connectivity index (χ0n) is 8.85. The standard InChI is InChI=1S/C10H21NO/c1-6-11-10(12)9(7(2)3)8(4)5/h7-9H,6H2,1-5H3,(H,11,12). The van der Waals surface area contributed by atoms with E-state index in [2.05, 4.69) is 33.0 Å². The van der Waals surface area contributed by atoms with Crippen LogP contribution in [-0.4, -0.2) is 12.5 Å². The summed E-state index contributed by atoms with van der Waals surface area (Å²) in [4.78, 5) is 11.5. The van der Waals surface area contributed by atoms with Gasteiger partial charge in [-0.25, -0.2) is 0 Å². The molecule has 0 bridgehead atoms. The van der Waals surface area contributed by atoms with Gasteiger partial charge in [0, 0.05) is 12.5 Å². The van der Waals surface area contributed by atoms with Crippen molar-refractivity contribution in [1.82, 2.24) is 5.32 Å². The number of amides is 1. The quantitative estimate of drug-likeness (QED) is 0.689. The van der Waals surface area contributed by atoms with Gasteiger partial charge in [-0.05, 0) is 18.8 Å². The van der Waals surface area contributed by atoms with Gasteiger partial charge in [0.15, 0.2) is 0 Å². The minimum absolute atomic E-state index is 0.157. The molecule has 0 fully saturated rings. The van der Waals surface area contributed by atoms with Gasteiger partial charge in [0.25, 0.3) is 0 Å². The summed E-state index contributed by atoms with van der Waals surface area (Å²) in [5.74, 6) is 1.21. The van der Waals surface area contributed by atoms with Crippen molar-refractivity contribution in [2.45, 2.75) is 34.6 Å². The number of carbonyl (C=O) groups is 1. The first-order valence-corrected chi connectivity index (χ1v) is 4.78. The molecule has 0 heterocycles. The highest BCUT2D eigenvalue weighted by atomic mass is 16.1. The summed E-state index contributed by atoms with van der Waals surface area (Å²) in [5.41, 5.74) is 0. The van der Waals surface area contributed by atoms with Crippen LogP contribution < -0.4 is 5.32 Å². The van der Waals surface area contributed by atoms with Gasteiger partial charge in [-0.1, -0.05) is 27.7 Å². The van der Waals surface area contributed by atoms with Crippen molar-refractivity contribution in [3.8, 4) is 0 Å². The fraction of sp³-hybridized carbons (Fsp3) is 0.900. The molecule has 2 heteroatoms. The Balaban J connectivity index is 4.20. The van der Waals surface area contributed by atoms with E-state index in [0.29, 0.717) is 11.8 Å². The highest BCUT2D eigenvalue weighted by Gasteiger charge is 2.24. The van der Waals surface area contributed by atoms with Gasteiger partial charge in [-0.2, -0.15) is 0 Å². The maximum Gasteiger partial charge on any atom is 0.223 e. The molecule has 1 amide bonds. The fourth-order valence-corrected chi connectivity index (χ4v) is 1.67. The lowest BCUT2D eigenvalue weighted by molar-refractivity contribution is -0.127. The molecule has 2 nitrogen and oxygen atoms in total. The van der Waals surface area contributed by atoms with Gasteiger partial charge < -0.3 is 5.32 Å². The molecule has 1 N–H and O–H groups in total. The maximum atomic E-state index is 11.5. The smallest absolute Gasteiger partial charge is 0.223 e. The van der Waals surface area contributed by atoms with E-state index in [0.717, 1.165) is 6.54 Å². The molecule has 0 aromatic rings. The van der Waals surface area contributed by atoms with Crippen molar-refractivity contribution >= 4 is 5.91 Å². The molecular weight excluding hydrogens is 150 g/mol. The minimum atomic E-state index is 0.157. The first-order chi connectivity index (χ1) is 5.50.